The summed E-state index contributed by atoms with van der Waals surface area (Å²) < 4.78 is 49.4. The molecule has 124 valence electrons. The highest BCUT2D eigenvalue weighted by atomic mass is 32.2. The molecule has 0 radical (unpaired) electrons. The summed E-state index contributed by atoms with van der Waals surface area (Å²) in [6.45, 7) is 0.162. The molecule has 0 atom stereocenters. The predicted octanol–water partition coefficient (Wildman–Crippen LogP) is 2.33. The third kappa shape index (κ3) is 5.88. The van der Waals surface area contributed by atoms with Gasteiger partial charge in [-0.05, 0) is 42.0 Å². The van der Waals surface area contributed by atoms with E-state index < -0.39 is 10.0 Å². The maximum atomic E-state index is 12.7. The summed E-state index contributed by atoms with van der Waals surface area (Å²) in [7, 11) is -1.92. The van der Waals surface area contributed by atoms with Crippen molar-refractivity contribution in [3.8, 4) is 11.5 Å². The number of benzene rings is 2. The van der Waals surface area contributed by atoms with Crippen LogP contribution in [0.4, 0.5) is 4.39 Å². The van der Waals surface area contributed by atoms with Crippen LogP contribution in [0.25, 0.3) is 0 Å². The van der Waals surface area contributed by atoms with Gasteiger partial charge < -0.3 is 9.47 Å². The molecule has 2 aromatic rings. The molecule has 0 aliphatic carbocycles. The molecule has 0 saturated heterocycles. The van der Waals surface area contributed by atoms with Crippen LogP contribution in [-0.4, -0.2) is 27.9 Å². The Bertz CT molecular complexity index is 732. The van der Waals surface area contributed by atoms with Crippen LogP contribution in [0.15, 0.2) is 48.5 Å². The first-order valence-electron chi connectivity index (χ1n) is 6.97. The molecule has 1 N–H and O–H groups in total. The zero-order valence-electron chi connectivity index (χ0n) is 12.7. The summed E-state index contributed by atoms with van der Waals surface area (Å²) >= 11 is 0. The molecule has 7 heteroatoms. The van der Waals surface area contributed by atoms with Gasteiger partial charge in [-0.15, -0.1) is 0 Å². The lowest BCUT2D eigenvalue weighted by molar-refractivity contribution is 0.339. The second-order valence-electron chi connectivity index (χ2n) is 4.79. The molecular formula is C16H18FNO4S. The predicted molar refractivity (Wildman–Crippen MR) is 85.5 cm³/mol. The quantitative estimate of drug-likeness (QED) is 0.802. The molecular weight excluding hydrogens is 321 g/mol. The molecule has 0 unspecified atom stereocenters. The van der Waals surface area contributed by atoms with Gasteiger partial charge in [0, 0.05) is 6.54 Å². The van der Waals surface area contributed by atoms with Crippen LogP contribution in [0.5, 0.6) is 11.5 Å². The smallest absolute Gasteiger partial charge is 0.215 e. The van der Waals surface area contributed by atoms with Crippen LogP contribution in [0, 0.1) is 5.82 Å². The second-order valence-corrected chi connectivity index (χ2v) is 6.72. The molecule has 2 rings (SSSR count). The van der Waals surface area contributed by atoms with Gasteiger partial charge in [-0.2, -0.15) is 0 Å². The molecule has 0 spiro atoms. The minimum Gasteiger partial charge on any atom is -0.497 e. The number of ether oxygens (including phenoxy) is 2. The third-order valence-corrected chi connectivity index (χ3v) is 4.35. The Labute approximate surface area is 135 Å². The Morgan fingerprint density at radius 2 is 1.83 bits per heavy atom. The molecule has 23 heavy (non-hydrogen) atoms. The van der Waals surface area contributed by atoms with Crippen LogP contribution in [-0.2, 0) is 16.6 Å². The average Bonchev–Trinajstić information content (AvgIpc) is 2.55. The molecule has 0 aromatic heterocycles. The lowest BCUT2D eigenvalue weighted by Gasteiger charge is -2.09. The number of hydrogen-bond donors (Lipinski definition) is 1. The van der Waals surface area contributed by atoms with Crippen molar-refractivity contribution < 1.29 is 22.3 Å². The number of hydrogen-bond acceptors (Lipinski definition) is 4. The van der Waals surface area contributed by atoms with Crippen LogP contribution >= 0.6 is 0 Å². The van der Waals surface area contributed by atoms with Gasteiger partial charge in [-0.25, -0.2) is 17.5 Å². The molecule has 5 nitrogen and oxygen atoms in total. The zero-order valence-corrected chi connectivity index (χ0v) is 13.5. The van der Waals surface area contributed by atoms with E-state index in [4.69, 9.17) is 9.47 Å². The van der Waals surface area contributed by atoms with Crippen molar-refractivity contribution in [1.82, 2.24) is 4.72 Å². The van der Waals surface area contributed by atoms with E-state index in [1.54, 1.807) is 31.4 Å². The number of methoxy groups -OCH3 is 1. The molecule has 0 saturated carbocycles. The fraction of sp³-hybridized carbons (Fsp3) is 0.250. The molecule has 0 fully saturated rings. The molecule has 0 aliphatic rings. The van der Waals surface area contributed by atoms with Crippen molar-refractivity contribution in [1.29, 1.82) is 0 Å². The SMILES string of the molecule is COc1cccc(CNS(=O)(=O)CCOc2ccc(F)cc2)c1. The summed E-state index contributed by atoms with van der Waals surface area (Å²) in [5.41, 5.74) is 0.798. The maximum absolute atomic E-state index is 12.7. The largest absolute Gasteiger partial charge is 0.497 e. The van der Waals surface area contributed by atoms with Crippen molar-refractivity contribution in [2.24, 2.45) is 0 Å². The molecule has 0 heterocycles. The highest BCUT2D eigenvalue weighted by Crippen LogP contribution is 2.13. The summed E-state index contributed by atoms with van der Waals surface area (Å²) in [6.07, 6.45) is 0. The molecule has 0 aliphatic heterocycles. The van der Waals surface area contributed by atoms with Crippen molar-refractivity contribution in [2.75, 3.05) is 19.5 Å². The van der Waals surface area contributed by atoms with Crippen LogP contribution < -0.4 is 14.2 Å². The number of halogens is 1. The van der Waals surface area contributed by atoms with E-state index in [-0.39, 0.29) is 24.7 Å². The zero-order chi connectivity index (χ0) is 16.7. The average molecular weight is 339 g/mol. The second kappa shape index (κ2) is 7.94. The van der Waals surface area contributed by atoms with Gasteiger partial charge in [-0.3, -0.25) is 0 Å². The standard InChI is InChI=1S/C16H18FNO4S/c1-21-16-4-2-3-13(11-16)12-18-23(19,20)10-9-22-15-7-5-14(17)6-8-15/h2-8,11,18H,9-10,12H2,1H3. The minimum absolute atomic E-state index is 0.0148. The van der Waals surface area contributed by atoms with E-state index in [1.807, 2.05) is 0 Å². The summed E-state index contributed by atoms with van der Waals surface area (Å²) in [6, 6.07) is 12.6. The third-order valence-electron chi connectivity index (χ3n) is 3.06. The van der Waals surface area contributed by atoms with E-state index in [0.717, 1.165) is 5.56 Å². The van der Waals surface area contributed by atoms with Gasteiger partial charge in [0.15, 0.2) is 0 Å². The fourth-order valence-corrected chi connectivity index (χ4v) is 2.68. The lowest BCUT2D eigenvalue weighted by Crippen LogP contribution is -2.28. The van der Waals surface area contributed by atoms with Crippen molar-refractivity contribution in [3.63, 3.8) is 0 Å². The monoisotopic (exact) mass is 339 g/mol. The molecule has 0 bridgehead atoms. The van der Waals surface area contributed by atoms with Gasteiger partial charge >= 0.3 is 0 Å². The fourth-order valence-electron chi connectivity index (χ4n) is 1.85. The first-order chi connectivity index (χ1) is 11.0. The minimum atomic E-state index is -3.47. The Hall–Kier alpha value is -2.12. The summed E-state index contributed by atoms with van der Waals surface area (Å²) in [5, 5.41) is 0. The van der Waals surface area contributed by atoms with Gasteiger partial charge in [0.2, 0.25) is 10.0 Å². The van der Waals surface area contributed by atoms with Crippen molar-refractivity contribution in [2.45, 2.75) is 6.54 Å². The Balaban J connectivity index is 1.80. The van der Waals surface area contributed by atoms with Crippen molar-refractivity contribution in [3.05, 3.63) is 59.9 Å². The lowest BCUT2D eigenvalue weighted by atomic mass is 10.2. The molecule has 2 aromatic carbocycles. The highest BCUT2D eigenvalue weighted by Gasteiger charge is 2.10. The van der Waals surface area contributed by atoms with Gasteiger partial charge in [0.05, 0.1) is 12.9 Å². The maximum Gasteiger partial charge on any atom is 0.215 e. The van der Waals surface area contributed by atoms with Gasteiger partial charge in [0.25, 0.3) is 0 Å². The Morgan fingerprint density at radius 3 is 2.52 bits per heavy atom. The van der Waals surface area contributed by atoms with E-state index in [9.17, 15) is 12.8 Å². The van der Waals surface area contributed by atoms with Gasteiger partial charge in [0.1, 0.15) is 23.9 Å². The first-order valence-corrected chi connectivity index (χ1v) is 8.62. The van der Waals surface area contributed by atoms with E-state index >= 15 is 0 Å². The van der Waals surface area contributed by atoms with E-state index in [2.05, 4.69) is 4.72 Å². The topological polar surface area (TPSA) is 64.6 Å². The highest BCUT2D eigenvalue weighted by molar-refractivity contribution is 7.89. The summed E-state index contributed by atoms with van der Waals surface area (Å²) in [4.78, 5) is 0. The summed E-state index contributed by atoms with van der Waals surface area (Å²) in [5.74, 6) is 0.537. The number of rotatable bonds is 8. The molecule has 0 amide bonds. The Morgan fingerprint density at radius 1 is 1.09 bits per heavy atom. The first kappa shape index (κ1) is 17.2. The normalized spacial score (nSPS) is 11.2. The van der Waals surface area contributed by atoms with Crippen molar-refractivity contribution >= 4 is 10.0 Å². The van der Waals surface area contributed by atoms with E-state index in [0.29, 0.717) is 11.5 Å². The van der Waals surface area contributed by atoms with Crippen LogP contribution in [0.1, 0.15) is 5.56 Å². The Kier molecular flexibility index (Phi) is 5.95. The van der Waals surface area contributed by atoms with E-state index in [1.165, 1.54) is 24.3 Å². The van der Waals surface area contributed by atoms with Crippen LogP contribution in [0.3, 0.4) is 0 Å². The number of nitrogens with one attached hydrogen (secondary N) is 1. The van der Waals surface area contributed by atoms with Crippen LogP contribution in [0.2, 0.25) is 0 Å². The van der Waals surface area contributed by atoms with Gasteiger partial charge in [-0.1, -0.05) is 12.1 Å². The number of sulfonamides is 1.